The number of carbonyl (C=O) groups is 1. The van der Waals surface area contributed by atoms with Crippen LogP contribution in [0.1, 0.15) is 30.6 Å². The highest BCUT2D eigenvalue weighted by Gasteiger charge is 2.30. The lowest BCUT2D eigenvalue weighted by Crippen LogP contribution is -2.38. The first kappa shape index (κ1) is 14.7. The standard InChI is InChI=1S/C15H23N3O2/c1-3-17(4-2)11-7-8-18(10-11)15(20)13-9-12(19)5-6-14(13)16/h5-6,9,11,19H,3-4,7-8,10,16H2,1-2H3. The van der Waals surface area contributed by atoms with E-state index in [0.29, 0.717) is 17.3 Å². The molecule has 1 aromatic carbocycles. The molecule has 0 spiro atoms. The number of nitrogens with two attached hydrogens (primary N) is 1. The van der Waals surface area contributed by atoms with Crippen molar-refractivity contribution in [2.24, 2.45) is 0 Å². The fraction of sp³-hybridized carbons (Fsp3) is 0.533. The Balaban J connectivity index is 2.10. The average molecular weight is 277 g/mol. The Hall–Kier alpha value is -1.75. The fourth-order valence-electron chi connectivity index (χ4n) is 2.86. The number of phenolic OH excluding ortho intramolecular Hbond substituents is 1. The van der Waals surface area contributed by atoms with Gasteiger partial charge in [-0.05, 0) is 37.7 Å². The number of hydrogen-bond acceptors (Lipinski definition) is 4. The maximum Gasteiger partial charge on any atom is 0.256 e. The zero-order chi connectivity index (χ0) is 14.7. The number of carbonyl (C=O) groups excluding carboxylic acids is 1. The molecule has 1 atom stereocenters. The van der Waals surface area contributed by atoms with E-state index in [-0.39, 0.29) is 11.7 Å². The van der Waals surface area contributed by atoms with Gasteiger partial charge in [-0.15, -0.1) is 0 Å². The highest BCUT2D eigenvalue weighted by molar-refractivity contribution is 5.99. The predicted octanol–water partition coefficient (Wildman–Crippen LogP) is 1.53. The van der Waals surface area contributed by atoms with E-state index >= 15 is 0 Å². The van der Waals surface area contributed by atoms with Gasteiger partial charge in [-0.25, -0.2) is 0 Å². The predicted molar refractivity (Wildman–Crippen MR) is 79.7 cm³/mol. The van der Waals surface area contributed by atoms with Crippen LogP contribution in [0.3, 0.4) is 0 Å². The number of likely N-dealkylation sites (N-methyl/N-ethyl adjacent to an activating group) is 1. The summed E-state index contributed by atoms with van der Waals surface area (Å²) in [6.45, 7) is 7.75. The van der Waals surface area contributed by atoms with Crippen molar-refractivity contribution in [2.75, 3.05) is 31.9 Å². The molecule has 1 saturated heterocycles. The van der Waals surface area contributed by atoms with E-state index < -0.39 is 0 Å². The van der Waals surface area contributed by atoms with Crippen LogP contribution in [-0.4, -0.2) is 53.0 Å². The molecule has 0 bridgehead atoms. The Morgan fingerprint density at radius 2 is 2.15 bits per heavy atom. The molecule has 1 unspecified atom stereocenters. The molecule has 1 fully saturated rings. The van der Waals surface area contributed by atoms with Gasteiger partial charge in [-0.2, -0.15) is 0 Å². The summed E-state index contributed by atoms with van der Waals surface area (Å²) in [5, 5.41) is 9.51. The second-order valence-corrected chi connectivity index (χ2v) is 5.19. The number of hydrogen-bond donors (Lipinski definition) is 2. The minimum absolute atomic E-state index is 0.0713. The Labute approximate surface area is 120 Å². The number of amides is 1. The topological polar surface area (TPSA) is 69.8 Å². The van der Waals surface area contributed by atoms with E-state index in [1.807, 2.05) is 4.90 Å². The van der Waals surface area contributed by atoms with E-state index in [2.05, 4.69) is 18.7 Å². The molecule has 2 rings (SSSR count). The van der Waals surface area contributed by atoms with Crippen LogP contribution in [0, 0.1) is 0 Å². The number of phenols is 1. The number of rotatable bonds is 4. The molecule has 1 aliphatic rings. The summed E-state index contributed by atoms with van der Waals surface area (Å²) in [6, 6.07) is 4.94. The second kappa shape index (κ2) is 6.13. The zero-order valence-corrected chi connectivity index (χ0v) is 12.2. The minimum atomic E-state index is -0.0898. The Morgan fingerprint density at radius 3 is 2.80 bits per heavy atom. The van der Waals surface area contributed by atoms with Crippen molar-refractivity contribution in [3.05, 3.63) is 23.8 Å². The third-order valence-electron chi connectivity index (χ3n) is 4.05. The van der Waals surface area contributed by atoms with Crippen molar-refractivity contribution in [2.45, 2.75) is 26.3 Å². The molecule has 5 nitrogen and oxygen atoms in total. The third kappa shape index (κ3) is 2.88. The SMILES string of the molecule is CCN(CC)C1CCN(C(=O)c2cc(O)ccc2N)C1. The summed E-state index contributed by atoms with van der Waals surface area (Å²) in [5.41, 5.74) is 6.65. The van der Waals surface area contributed by atoms with Crippen LogP contribution in [-0.2, 0) is 0 Å². The molecule has 0 aromatic heterocycles. The van der Waals surface area contributed by atoms with E-state index in [4.69, 9.17) is 5.73 Å². The van der Waals surface area contributed by atoms with E-state index in [1.165, 1.54) is 12.1 Å². The van der Waals surface area contributed by atoms with Gasteiger partial charge in [0.2, 0.25) is 0 Å². The van der Waals surface area contributed by atoms with Crippen LogP contribution in [0.15, 0.2) is 18.2 Å². The second-order valence-electron chi connectivity index (χ2n) is 5.19. The molecule has 0 aliphatic carbocycles. The van der Waals surface area contributed by atoms with E-state index in [1.54, 1.807) is 6.07 Å². The highest BCUT2D eigenvalue weighted by Crippen LogP contribution is 2.23. The summed E-state index contributed by atoms with van der Waals surface area (Å²) < 4.78 is 0. The number of nitrogens with zero attached hydrogens (tertiary/aromatic N) is 2. The van der Waals surface area contributed by atoms with Crippen molar-refractivity contribution in [3.8, 4) is 5.75 Å². The molecule has 0 radical (unpaired) electrons. The van der Waals surface area contributed by atoms with Gasteiger partial charge in [0.1, 0.15) is 5.75 Å². The van der Waals surface area contributed by atoms with Gasteiger partial charge in [0.15, 0.2) is 0 Å². The fourth-order valence-corrected chi connectivity index (χ4v) is 2.86. The van der Waals surface area contributed by atoms with Crippen LogP contribution < -0.4 is 5.73 Å². The largest absolute Gasteiger partial charge is 0.508 e. The van der Waals surface area contributed by atoms with Crippen LogP contribution >= 0.6 is 0 Å². The summed E-state index contributed by atoms with van der Waals surface area (Å²) in [7, 11) is 0. The number of anilines is 1. The molecule has 1 aromatic rings. The monoisotopic (exact) mass is 277 g/mol. The Kier molecular flexibility index (Phi) is 4.49. The van der Waals surface area contributed by atoms with Crippen LogP contribution in [0.25, 0.3) is 0 Å². The molecule has 110 valence electrons. The molecule has 0 saturated carbocycles. The van der Waals surface area contributed by atoms with Gasteiger partial charge < -0.3 is 15.7 Å². The molecule has 5 heteroatoms. The normalized spacial score (nSPS) is 18.8. The van der Waals surface area contributed by atoms with Crippen molar-refractivity contribution in [1.29, 1.82) is 0 Å². The quantitative estimate of drug-likeness (QED) is 0.647. The van der Waals surface area contributed by atoms with Crippen molar-refractivity contribution in [3.63, 3.8) is 0 Å². The lowest BCUT2D eigenvalue weighted by atomic mass is 10.1. The molecule has 20 heavy (non-hydrogen) atoms. The van der Waals surface area contributed by atoms with Gasteiger partial charge in [0.05, 0.1) is 5.56 Å². The van der Waals surface area contributed by atoms with Crippen molar-refractivity contribution >= 4 is 11.6 Å². The number of nitrogen functional groups attached to an aromatic ring is 1. The Morgan fingerprint density at radius 1 is 1.45 bits per heavy atom. The van der Waals surface area contributed by atoms with E-state index in [9.17, 15) is 9.90 Å². The molecule has 1 heterocycles. The van der Waals surface area contributed by atoms with Gasteiger partial charge >= 0.3 is 0 Å². The molecular formula is C15H23N3O2. The molecule has 1 amide bonds. The third-order valence-corrected chi connectivity index (χ3v) is 4.05. The first-order valence-corrected chi connectivity index (χ1v) is 7.18. The van der Waals surface area contributed by atoms with Crippen LogP contribution in [0.5, 0.6) is 5.75 Å². The molecular weight excluding hydrogens is 254 g/mol. The highest BCUT2D eigenvalue weighted by atomic mass is 16.3. The van der Waals surface area contributed by atoms with Crippen molar-refractivity contribution in [1.82, 2.24) is 9.80 Å². The van der Waals surface area contributed by atoms with Gasteiger partial charge in [-0.1, -0.05) is 13.8 Å². The minimum Gasteiger partial charge on any atom is -0.508 e. The summed E-state index contributed by atoms with van der Waals surface area (Å²) in [6.07, 6.45) is 0.992. The molecule has 1 aliphatic heterocycles. The number of benzene rings is 1. The van der Waals surface area contributed by atoms with Gasteiger partial charge in [0.25, 0.3) is 5.91 Å². The molecule has 3 N–H and O–H groups in total. The summed E-state index contributed by atoms with van der Waals surface area (Å²) in [4.78, 5) is 16.7. The first-order chi connectivity index (χ1) is 9.56. The van der Waals surface area contributed by atoms with Crippen molar-refractivity contribution < 1.29 is 9.90 Å². The summed E-state index contributed by atoms with van der Waals surface area (Å²) >= 11 is 0. The van der Waals surface area contributed by atoms with Crippen LogP contribution in [0.2, 0.25) is 0 Å². The lowest BCUT2D eigenvalue weighted by Gasteiger charge is -2.26. The van der Waals surface area contributed by atoms with Crippen LogP contribution in [0.4, 0.5) is 5.69 Å². The van der Waals surface area contributed by atoms with Gasteiger partial charge in [-0.3, -0.25) is 9.69 Å². The number of likely N-dealkylation sites (tertiary alicyclic amines) is 1. The van der Waals surface area contributed by atoms with E-state index in [0.717, 1.165) is 32.6 Å². The summed E-state index contributed by atoms with van der Waals surface area (Å²) in [5.74, 6) is -0.0184. The number of aromatic hydroxyl groups is 1. The smallest absolute Gasteiger partial charge is 0.256 e. The zero-order valence-electron chi connectivity index (χ0n) is 12.2. The maximum atomic E-state index is 12.5. The average Bonchev–Trinajstić information content (AvgIpc) is 2.92. The van der Waals surface area contributed by atoms with Gasteiger partial charge in [0, 0.05) is 24.8 Å². The first-order valence-electron chi connectivity index (χ1n) is 7.18. The maximum absolute atomic E-state index is 12.5. The lowest BCUT2D eigenvalue weighted by molar-refractivity contribution is 0.0778. The Bertz CT molecular complexity index is 486.